The highest BCUT2D eigenvalue weighted by Gasteiger charge is 2.41. The summed E-state index contributed by atoms with van der Waals surface area (Å²) in [7, 11) is -3.98. The molecule has 0 radical (unpaired) electrons. The van der Waals surface area contributed by atoms with E-state index >= 15 is 0 Å². The molecule has 1 aromatic rings. The summed E-state index contributed by atoms with van der Waals surface area (Å²) < 4.78 is 22.5. The normalized spacial score (nSPS) is 17.3. The van der Waals surface area contributed by atoms with E-state index < -0.39 is 20.7 Å². The molecule has 1 aromatic carbocycles. The molecule has 0 atom stereocenters. The molecule has 0 fully saturated rings. The quantitative estimate of drug-likeness (QED) is 0.798. The number of carbonyl (C=O) groups is 1. The lowest BCUT2D eigenvalue weighted by Crippen LogP contribution is -2.39. The van der Waals surface area contributed by atoms with Crippen LogP contribution in [0.5, 0.6) is 0 Å². The first-order chi connectivity index (χ1) is 8.88. The summed E-state index contributed by atoms with van der Waals surface area (Å²) in [5, 5.41) is 5.36. The Morgan fingerprint density at radius 3 is 2.26 bits per heavy atom. The van der Waals surface area contributed by atoms with Crippen LogP contribution in [-0.2, 0) is 14.8 Å². The van der Waals surface area contributed by atoms with Crippen LogP contribution >= 0.6 is 0 Å². The molecular formula is C13H14N2O3S. The van der Waals surface area contributed by atoms with Gasteiger partial charge < -0.3 is 5.73 Å². The predicted octanol–water partition coefficient (Wildman–Crippen LogP) is 0.785. The molecule has 0 bridgehead atoms. The maximum absolute atomic E-state index is 12.0. The van der Waals surface area contributed by atoms with Crippen LogP contribution in [0.1, 0.15) is 22.3 Å². The monoisotopic (exact) mass is 278 g/mol. The summed E-state index contributed by atoms with van der Waals surface area (Å²) in [5.41, 5.74) is 5.72. The van der Waals surface area contributed by atoms with Crippen LogP contribution in [0.4, 0.5) is 0 Å². The molecule has 1 aliphatic carbocycles. The number of sulfonamides is 1. The van der Waals surface area contributed by atoms with E-state index in [1.165, 1.54) is 18.2 Å². The summed E-state index contributed by atoms with van der Waals surface area (Å²) >= 11 is 0. The van der Waals surface area contributed by atoms with Crippen molar-refractivity contribution in [3.05, 3.63) is 59.7 Å². The average Bonchev–Trinajstić information content (AvgIpc) is 2.38. The van der Waals surface area contributed by atoms with Crippen molar-refractivity contribution in [3.8, 4) is 0 Å². The SMILES string of the molecule is NC(=O)c1ccccc1C1(S(N)(=O)=O)C=CCC=C1. The van der Waals surface area contributed by atoms with Crippen LogP contribution in [0.15, 0.2) is 48.6 Å². The number of hydrogen-bond donors (Lipinski definition) is 2. The maximum Gasteiger partial charge on any atom is 0.249 e. The van der Waals surface area contributed by atoms with Crippen molar-refractivity contribution < 1.29 is 13.2 Å². The van der Waals surface area contributed by atoms with Crippen LogP contribution < -0.4 is 10.9 Å². The van der Waals surface area contributed by atoms with E-state index in [4.69, 9.17) is 10.9 Å². The third-order valence-electron chi connectivity index (χ3n) is 3.09. The van der Waals surface area contributed by atoms with E-state index in [2.05, 4.69) is 0 Å². The Balaban J connectivity index is 2.79. The van der Waals surface area contributed by atoms with Crippen molar-refractivity contribution in [2.24, 2.45) is 10.9 Å². The number of rotatable bonds is 3. The van der Waals surface area contributed by atoms with E-state index in [0.717, 1.165) is 0 Å². The fourth-order valence-corrected chi connectivity index (χ4v) is 3.24. The molecule has 0 aliphatic heterocycles. The molecule has 100 valence electrons. The molecule has 5 nitrogen and oxygen atoms in total. The zero-order chi connectivity index (χ0) is 14.1. The first-order valence-electron chi connectivity index (χ1n) is 5.65. The van der Waals surface area contributed by atoms with Gasteiger partial charge in [0.1, 0.15) is 4.75 Å². The van der Waals surface area contributed by atoms with Gasteiger partial charge in [0.2, 0.25) is 15.9 Å². The molecule has 4 N–H and O–H groups in total. The van der Waals surface area contributed by atoms with Crippen LogP contribution in [0.3, 0.4) is 0 Å². The molecule has 0 spiro atoms. The molecule has 0 unspecified atom stereocenters. The highest BCUT2D eigenvalue weighted by atomic mass is 32.2. The van der Waals surface area contributed by atoms with Gasteiger partial charge in [-0.05, 0) is 18.1 Å². The van der Waals surface area contributed by atoms with Crippen LogP contribution in [0, 0.1) is 0 Å². The lowest BCUT2D eigenvalue weighted by molar-refractivity contribution is 0.0999. The molecular weight excluding hydrogens is 264 g/mol. The molecule has 6 heteroatoms. The Labute approximate surface area is 111 Å². The van der Waals surface area contributed by atoms with Crippen molar-refractivity contribution >= 4 is 15.9 Å². The fraction of sp³-hybridized carbons (Fsp3) is 0.154. The van der Waals surface area contributed by atoms with E-state index in [0.29, 0.717) is 6.42 Å². The average molecular weight is 278 g/mol. The molecule has 19 heavy (non-hydrogen) atoms. The number of carbonyl (C=O) groups excluding carboxylic acids is 1. The molecule has 1 aliphatic rings. The van der Waals surface area contributed by atoms with Crippen molar-refractivity contribution in [3.63, 3.8) is 0 Å². The number of hydrogen-bond acceptors (Lipinski definition) is 3. The van der Waals surface area contributed by atoms with Gasteiger partial charge in [-0.2, -0.15) is 0 Å². The Kier molecular flexibility index (Phi) is 3.30. The minimum Gasteiger partial charge on any atom is -0.366 e. The van der Waals surface area contributed by atoms with E-state index in [1.807, 2.05) is 0 Å². The van der Waals surface area contributed by atoms with Crippen molar-refractivity contribution in [1.82, 2.24) is 0 Å². The van der Waals surface area contributed by atoms with Gasteiger partial charge in [-0.3, -0.25) is 4.79 Å². The van der Waals surface area contributed by atoms with Gasteiger partial charge >= 0.3 is 0 Å². The van der Waals surface area contributed by atoms with Crippen LogP contribution in [0.2, 0.25) is 0 Å². The number of primary sulfonamides is 1. The Hall–Kier alpha value is -1.92. The van der Waals surface area contributed by atoms with Gasteiger partial charge in [0.15, 0.2) is 0 Å². The molecule has 2 rings (SSSR count). The van der Waals surface area contributed by atoms with E-state index in [1.54, 1.807) is 30.4 Å². The molecule has 1 amide bonds. The summed E-state index contributed by atoms with van der Waals surface area (Å²) in [6, 6.07) is 6.30. The predicted molar refractivity (Wildman–Crippen MR) is 72.6 cm³/mol. The van der Waals surface area contributed by atoms with Gasteiger partial charge in [0, 0.05) is 5.56 Å². The third-order valence-corrected chi connectivity index (χ3v) is 4.52. The van der Waals surface area contributed by atoms with Gasteiger partial charge in [-0.25, -0.2) is 13.6 Å². The van der Waals surface area contributed by atoms with Gasteiger partial charge in [-0.1, -0.05) is 42.5 Å². The highest BCUT2D eigenvalue weighted by Crippen LogP contribution is 2.36. The van der Waals surface area contributed by atoms with Crippen LogP contribution in [-0.4, -0.2) is 14.3 Å². The van der Waals surface area contributed by atoms with E-state index in [-0.39, 0.29) is 11.1 Å². The smallest absolute Gasteiger partial charge is 0.249 e. The molecule has 0 saturated heterocycles. The number of nitrogens with two attached hydrogens (primary N) is 2. The first-order valence-corrected chi connectivity index (χ1v) is 7.20. The minimum absolute atomic E-state index is 0.146. The van der Waals surface area contributed by atoms with Gasteiger partial charge in [0.05, 0.1) is 0 Å². The maximum atomic E-state index is 12.0. The van der Waals surface area contributed by atoms with Crippen molar-refractivity contribution in [2.75, 3.05) is 0 Å². The number of benzene rings is 1. The summed E-state index contributed by atoms with van der Waals surface area (Å²) in [5.74, 6) is -0.689. The van der Waals surface area contributed by atoms with Gasteiger partial charge in [-0.15, -0.1) is 0 Å². The lowest BCUT2D eigenvalue weighted by Gasteiger charge is -2.28. The molecule has 0 saturated carbocycles. The second-order valence-corrected chi connectivity index (χ2v) is 6.05. The fourth-order valence-electron chi connectivity index (χ4n) is 2.18. The number of primary amides is 1. The van der Waals surface area contributed by atoms with Crippen molar-refractivity contribution in [2.45, 2.75) is 11.2 Å². The number of amides is 1. The van der Waals surface area contributed by atoms with Crippen LogP contribution in [0.25, 0.3) is 0 Å². The highest BCUT2D eigenvalue weighted by molar-refractivity contribution is 7.90. The Bertz CT molecular complexity index is 663. The summed E-state index contributed by atoms with van der Waals surface area (Å²) in [6.07, 6.45) is 6.99. The lowest BCUT2D eigenvalue weighted by atomic mass is 9.89. The second kappa shape index (κ2) is 4.64. The van der Waals surface area contributed by atoms with Crippen molar-refractivity contribution in [1.29, 1.82) is 0 Å². The molecule has 0 aromatic heterocycles. The topological polar surface area (TPSA) is 103 Å². The largest absolute Gasteiger partial charge is 0.366 e. The summed E-state index contributed by atoms with van der Waals surface area (Å²) in [6.45, 7) is 0. The molecule has 0 heterocycles. The third kappa shape index (κ3) is 2.20. The van der Waals surface area contributed by atoms with E-state index in [9.17, 15) is 13.2 Å². The van der Waals surface area contributed by atoms with Gasteiger partial charge in [0.25, 0.3) is 0 Å². The minimum atomic E-state index is -3.98. The standard InChI is InChI=1S/C13H14N2O3S/c14-12(16)10-6-2-3-7-11(10)13(19(15,17)18)8-4-1-5-9-13/h2-9H,1H2,(H2,14,16)(H2,15,17,18). The second-order valence-electron chi connectivity index (χ2n) is 4.29. The number of allylic oxidation sites excluding steroid dienone is 2. The zero-order valence-corrected chi connectivity index (χ0v) is 10.9. The zero-order valence-electron chi connectivity index (χ0n) is 10.1. The Morgan fingerprint density at radius 1 is 1.16 bits per heavy atom. The summed E-state index contributed by atoms with van der Waals surface area (Å²) in [4.78, 5) is 11.5. The first kappa shape index (κ1) is 13.5. The Morgan fingerprint density at radius 2 is 1.74 bits per heavy atom.